The lowest BCUT2D eigenvalue weighted by atomic mass is 10.2. The Morgan fingerprint density at radius 1 is 1.32 bits per heavy atom. The van der Waals surface area contributed by atoms with Gasteiger partial charge < -0.3 is 10.2 Å². The highest BCUT2D eigenvalue weighted by atomic mass is 35.5. The van der Waals surface area contributed by atoms with E-state index in [0.717, 1.165) is 56.3 Å². The van der Waals surface area contributed by atoms with Crippen LogP contribution in [0.4, 0.5) is 0 Å². The first-order chi connectivity index (χ1) is 11.7. The molecule has 0 saturated carbocycles. The molecule has 4 heterocycles. The fraction of sp³-hybridized carbons (Fsp3) is 0.562. The number of hydrogen-bond donors (Lipinski definition) is 1. The van der Waals surface area contributed by atoms with Crippen molar-refractivity contribution < 1.29 is 4.79 Å². The van der Waals surface area contributed by atoms with E-state index in [1.54, 1.807) is 10.9 Å². The number of piperazine rings is 1. The Morgan fingerprint density at radius 2 is 2.12 bits per heavy atom. The molecule has 2 aliphatic rings. The highest BCUT2D eigenvalue weighted by molar-refractivity contribution is 7.13. The number of carbonyl (C=O) groups is 1. The summed E-state index contributed by atoms with van der Waals surface area (Å²) in [5.74, 6) is 0.0547. The summed E-state index contributed by atoms with van der Waals surface area (Å²) in [7, 11) is 1.88. The topological polar surface area (TPSA) is 66.3 Å². The van der Waals surface area contributed by atoms with Crippen LogP contribution in [-0.2, 0) is 7.05 Å². The maximum atomic E-state index is 12.7. The van der Waals surface area contributed by atoms with Crippen molar-refractivity contribution in [3.63, 3.8) is 0 Å². The Balaban J connectivity index is 0.00000182. The quantitative estimate of drug-likeness (QED) is 0.860. The summed E-state index contributed by atoms with van der Waals surface area (Å²) >= 11 is 1.50. The number of halogens is 1. The zero-order valence-electron chi connectivity index (χ0n) is 14.2. The molecule has 2 saturated heterocycles. The van der Waals surface area contributed by atoms with Crippen molar-refractivity contribution in [1.82, 2.24) is 29.9 Å². The van der Waals surface area contributed by atoms with Gasteiger partial charge in [-0.25, -0.2) is 4.98 Å². The normalized spacial score (nSPS) is 21.3. The van der Waals surface area contributed by atoms with Crippen LogP contribution in [0.15, 0.2) is 17.8 Å². The van der Waals surface area contributed by atoms with Gasteiger partial charge in [-0.05, 0) is 6.42 Å². The molecule has 2 aromatic rings. The second-order valence-electron chi connectivity index (χ2n) is 6.42. The molecule has 7 nitrogen and oxygen atoms in total. The lowest BCUT2D eigenvalue weighted by Gasteiger charge is -2.32. The summed E-state index contributed by atoms with van der Waals surface area (Å²) in [6.07, 6.45) is 4.76. The smallest absolute Gasteiger partial charge is 0.273 e. The van der Waals surface area contributed by atoms with Crippen molar-refractivity contribution in [3.05, 3.63) is 23.5 Å². The molecular weight excluding hydrogens is 360 g/mol. The molecule has 2 fully saturated rings. The van der Waals surface area contributed by atoms with Crippen molar-refractivity contribution in [3.8, 4) is 10.6 Å². The van der Waals surface area contributed by atoms with Crippen molar-refractivity contribution >= 4 is 29.7 Å². The summed E-state index contributed by atoms with van der Waals surface area (Å²) < 4.78 is 1.75. The fourth-order valence-electron chi connectivity index (χ4n) is 3.47. The number of amides is 1. The number of carbonyl (C=O) groups excluding carboxylic acids is 1. The SMILES string of the molecule is Cl.Cn1cc(-c2nc(C(=O)N3CCC(N4CCNCC4)C3)cs2)cn1. The monoisotopic (exact) mass is 382 g/mol. The van der Waals surface area contributed by atoms with E-state index >= 15 is 0 Å². The molecule has 1 atom stereocenters. The minimum Gasteiger partial charge on any atom is -0.336 e. The second-order valence-corrected chi connectivity index (χ2v) is 7.28. The van der Waals surface area contributed by atoms with Crippen molar-refractivity contribution in [1.29, 1.82) is 0 Å². The number of nitrogens with zero attached hydrogens (tertiary/aromatic N) is 5. The molecule has 0 aromatic carbocycles. The summed E-state index contributed by atoms with van der Waals surface area (Å²) in [5, 5.41) is 10.3. The Kier molecular flexibility index (Phi) is 5.73. The molecule has 0 aliphatic carbocycles. The maximum absolute atomic E-state index is 12.7. The van der Waals surface area contributed by atoms with Crippen molar-refractivity contribution in [2.45, 2.75) is 12.5 Å². The van der Waals surface area contributed by atoms with E-state index in [2.05, 4.69) is 20.3 Å². The van der Waals surface area contributed by atoms with Gasteiger partial charge in [-0.2, -0.15) is 5.10 Å². The molecular formula is C16H23ClN6OS. The lowest BCUT2D eigenvalue weighted by molar-refractivity contribution is 0.0768. The van der Waals surface area contributed by atoms with Gasteiger partial charge >= 0.3 is 0 Å². The molecule has 0 bridgehead atoms. The highest BCUT2D eigenvalue weighted by Crippen LogP contribution is 2.25. The number of nitrogens with one attached hydrogen (secondary N) is 1. The molecule has 0 spiro atoms. The number of aromatic nitrogens is 3. The Morgan fingerprint density at radius 3 is 2.84 bits per heavy atom. The minimum absolute atomic E-state index is 0. The largest absolute Gasteiger partial charge is 0.336 e. The molecule has 9 heteroatoms. The Hall–Kier alpha value is -1.48. The summed E-state index contributed by atoms with van der Waals surface area (Å²) in [6, 6.07) is 0.493. The number of rotatable bonds is 3. The van der Waals surface area contributed by atoms with Gasteiger partial charge in [0, 0.05) is 69.5 Å². The first kappa shape index (κ1) is 18.3. The predicted molar refractivity (Wildman–Crippen MR) is 100 cm³/mol. The van der Waals surface area contributed by atoms with E-state index in [0.29, 0.717) is 11.7 Å². The molecule has 25 heavy (non-hydrogen) atoms. The first-order valence-corrected chi connectivity index (χ1v) is 9.27. The number of thiazole rings is 1. The Bertz CT molecular complexity index is 726. The number of aryl methyl sites for hydroxylation is 1. The van der Waals surface area contributed by atoms with Crippen LogP contribution in [0, 0.1) is 0 Å². The standard InChI is InChI=1S/C16H22N6OS.ClH/c1-20-9-12(8-18-20)15-19-14(11-24-15)16(23)22-5-2-13(10-22)21-6-3-17-4-7-21;/h8-9,11,13,17H,2-7,10H2,1H3;1H. The van der Waals surface area contributed by atoms with E-state index in [-0.39, 0.29) is 18.3 Å². The van der Waals surface area contributed by atoms with Crippen LogP contribution in [0.3, 0.4) is 0 Å². The second kappa shape index (κ2) is 7.82. The summed E-state index contributed by atoms with van der Waals surface area (Å²) in [5.41, 5.74) is 1.52. The third kappa shape index (κ3) is 3.87. The van der Waals surface area contributed by atoms with Gasteiger partial charge in [-0.15, -0.1) is 23.7 Å². The third-order valence-corrected chi connectivity index (χ3v) is 5.69. The maximum Gasteiger partial charge on any atom is 0.273 e. The van der Waals surface area contributed by atoms with E-state index in [1.165, 1.54) is 11.3 Å². The summed E-state index contributed by atoms with van der Waals surface area (Å²) in [6.45, 7) is 5.89. The van der Waals surface area contributed by atoms with E-state index < -0.39 is 0 Å². The first-order valence-electron chi connectivity index (χ1n) is 8.39. The van der Waals surface area contributed by atoms with Crippen molar-refractivity contribution in [2.75, 3.05) is 39.3 Å². The molecule has 4 rings (SSSR count). The molecule has 1 unspecified atom stereocenters. The predicted octanol–water partition coefficient (Wildman–Crippen LogP) is 1.09. The van der Waals surface area contributed by atoms with Gasteiger partial charge in [0.1, 0.15) is 10.7 Å². The molecule has 1 amide bonds. The van der Waals surface area contributed by atoms with Crippen LogP contribution < -0.4 is 5.32 Å². The molecule has 1 N–H and O–H groups in total. The van der Waals surface area contributed by atoms with Crippen molar-refractivity contribution in [2.24, 2.45) is 7.05 Å². The van der Waals surface area contributed by atoms with Gasteiger partial charge in [0.05, 0.1) is 6.20 Å². The fourth-order valence-corrected chi connectivity index (χ4v) is 4.24. The summed E-state index contributed by atoms with van der Waals surface area (Å²) in [4.78, 5) is 21.7. The van der Waals surface area contributed by atoms with Crippen LogP contribution in [0.5, 0.6) is 0 Å². The molecule has 136 valence electrons. The third-order valence-electron chi connectivity index (χ3n) is 4.79. The van der Waals surface area contributed by atoms with Crippen LogP contribution in [0.2, 0.25) is 0 Å². The van der Waals surface area contributed by atoms with Crippen LogP contribution in [0.1, 0.15) is 16.9 Å². The van der Waals surface area contributed by atoms with E-state index in [9.17, 15) is 4.79 Å². The highest BCUT2D eigenvalue weighted by Gasteiger charge is 2.32. The minimum atomic E-state index is 0. The van der Waals surface area contributed by atoms with Crippen LogP contribution in [0.25, 0.3) is 10.6 Å². The Labute approximate surface area is 157 Å². The zero-order chi connectivity index (χ0) is 16.5. The average molecular weight is 383 g/mol. The van der Waals surface area contributed by atoms with E-state index in [1.807, 2.05) is 23.5 Å². The van der Waals surface area contributed by atoms with Gasteiger partial charge in [-0.1, -0.05) is 0 Å². The molecule has 2 aromatic heterocycles. The lowest BCUT2D eigenvalue weighted by Crippen LogP contribution is -2.49. The molecule has 0 radical (unpaired) electrons. The number of likely N-dealkylation sites (tertiary alicyclic amines) is 1. The van der Waals surface area contributed by atoms with Gasteiger partial charge in [-0.3, -0.25) is 14.4 Å². The number of hydrogen-bond acceptors (Lipinski definition) is 6. The van der Waals surface area contributed by atoms with Crippen LogP contribution in [-0.4, -0.2) is 75.8 Å². The average Bonchev–Trinajstić information content (AvgIpc) is 3.35. The van der Waals surface area contributed by atoms with Gasteiger partial charge in [0.2, 0.25) is 0 Å². The van der Waals surface area contributed by atoms with Crippen LogP contribution >= 0.6 is 23.7 Å². The molecule has 2 aliphatic heterocycles. The van der Waals surface area contributed by atoms with E-state index in [4.69, 9.17) is 0 Å². The zero-order valence-corrected chi connectivity index (χ0v) is 15.9. The van der Waals surface area contributed by atoms with Gasteiger partial charge in [0.15, 0.2) is 0 Å². The van der Waals surface area contributed by atoms with Gasteiger partial charge in [0.25, 0.3) is 5.91 Å².